The molecule has 1 aromatic heterocycles. The van der Waals surface area contributed by atoms with Crippen LogP contribution in [0.1, 0.15) is 37.5 Å². The smallest absolute Gasteiger partial charge is 0.303 e. The number of aryl methyl sites for hydroxylation is 1. The molecular weight excluding hydrogens is 182 g/mol. The van der Waals surface area contributed by atoms with Crippen LogP contribution in [-0.4, -0.2) is 25.8 Å². The van der Waals surface area contributed by atoms with E-state index in [1.165, 1.54) is 0 Å². The molecule has 0 aliphatic carbocycles. The second-order valence-corrected chi connectivity index (χ2v) is 3.60. The van der Waals surface area contributed by atoms with Gasteiger partial charge in [0.05, 0.1) is 6.04 Å². The first-order valence-corrected chi connectivity index (χ1v) is 4.87. The van der Waals surface area contributed by atoms with E-state index in [2.05, 4.69) is 10.1 Å². The van der Waals surface area contributed by atoms with E-state index in [1.54, 1.807) is 6.33 Å². The lowest BCUT2D eigenvalue weighted by atomic mass is 10.0. The molecule has 2 heterocycles. The summed E-state index contributed by atoms with van der Waals surface area (Å²) in [5.41, 5.74) is 0. The fourth-order valence-corrected chi connectivity index (χ4v) is 1.93. The van der Waals surface area contributed by atoms with E-state index in [0.717, 1.165) is 25.1 Å². The van der Waals surface area contributed by atoms with Crippen molar-refractivity contribution in [3.63, 3.8) is 0 Å². The molecule has 1 aliphatic heterocycles. The van der Waals surface area contributed by atoms with Gasteiger partial charge in [-0.3, -0.25) is 4.79 Å². The summed E-state index contributed by atoms with van der Waals surface area (Å²) in [6.07, 6.45) is 5.49. The van der Waals surface area contributed by atoms with Crippen molar-refractivity contribution < 1.29 is 9.90 Å². The van der Waals surface area contributed by atoms with Gasteiger partial charge in [-0.05, 0) is 19.3 Å². The molecule has 0 radical (unpaired) electrons. The van der Waals surface area contributed by atoms with Crippen LogP contribution in [0.25, 0.3) is 0 Å². The van der Waals surface area contributed by atoms with Crippen molar-refractivity contribution in [1.29, 1.82) is 0 Å². The summed E-state index contributed by atoms with van der Waals surface area (Å²) in [4.78, 5) is 14.6. The number of aromatic nitrogens is 3. The molecule has 1 aromatic rings. The number of fused-ring (bicyclic) bond motifs is 1. The van der Waals surface area contributed by atoms with E-state index >= 15 is 0 Å². The predicted molar refractivity (Wildman–Crippen MR) is 48.9 cm³/mol. The maximum absolute atomic E-state index is 10.4. The van der Waals surface area contributed by atoms with Crippen molar-refractivity contribution in [2.45, 2.75) is 38.1 Å². The largest absolute Gasteiger partial charge is 0.481 e. The highest BCUT2D eigenvalue weighted by molar-refractivity contribution is 5.66. The van der Waals surface area contributed by atoms with Gasteiger partial charge in [0.15, 0.2) is 0 Å². The average molecular weight is 195 g/mol. The monoisotopic (exact) mass is 195 g/mol. The number of aliphatic carboxylic acids is 1. The van der Waals surface area contributed by atoms with E-state index in [9.17, 15) is 4.79 Å². The van der Waals surface area contributed by atoms with E-state index in [4.69, 9.17) is 5.11 Å². The lowest BCUT2D eigenvalue weighted by molar-refractivity contribution is -0.137. The van der Waals surface area contributed by atoms with Crippen molar-refractivity contribution in [2.75, 3.05) is 0 Å². The molecule has 0 fully saturated rings. The number of carboxylic acid groups (broad SMARTS) is 1. The summed E-state index contributed by atoms with van der Waals surface area (Å²) in [6.45, 7) is 0. The van der Waals surface area contributed by atoms with Crippen LogP contribution in [0.3, 0.4) is 0 Å². The summed E-state index contributed by atoms with van der Waals surface area (Å²) >= 11 is 0. The molecule has 5 nitrogen and oxygen atoms in total. The molecule has 5 heteroatoms. The molecule has 76 valence electrons. The zero-order valence-corrected chi connectivity index (χ0v) is 7.89. The molecule has 0 amide bonds. The van der Waals surface area contributed by atoms with Crippen molar-refractivity contribution in [1.82, 2.24) is 14.8 Å². The van der Waals surface area contributed by atoms with Crippen LogP contribution in [0.2, 0.25) is 0 Å². The molecule has 0 saturated carbocycles. The van der Waals surface area contributed by atoms with Gasteiger partial charge in [-0.2, -0.15) is 5.10 Å². The second-order valence-electron chi connectivity index (χ2n) is 3.60. The van der Waals surface area contributed by atoms with Crippen LogP contribution < -0.4 is 0 Å². The molecule has 0 saturated heterocycles. The molecule has 2 rings (SSSR count). The molecule has 1 aliphatic rings. The molecule has 1 N–H and O–H groups in total. The minimum absolute atomic E-state index is 0.212. The Kier molecular flexibility index (Phi) is 2.47. The molecule has 0 spiro atoms. The molecule has 1 unspecified atom stereocenters. The van der Waals surface area contributed by atoms with E-state index < -0.39 is 5.97 Å². The SMILES string of the molecule is O=C(O)CCC1CCCc2ncnn21. The van der Waals surface area contributed by atoms with Gasteiger partial charge in [0.25, 0.3) is 0 Å². The number of hydrogen-bond acceptors (Lipinski definition) is 3. The molecule has 0 aromatic carbocycles. The Morgan fingerprint density at radius 2 is 2.57 bits per heavy atom. The fraction of sp³-hybridized carbons (Fsp3) is 0.667. The van der Waals surface area contributed by atoms with E-state index in [-0.39, 0.29) is 12.5 Å². The Labute approximate surface area is 81.8 Å². The number of nitrogens with zero attached hydrogens (tertiary/aromatic N) is 3. The first-order valence-electron chi connectivity index (χ1n) is 4.87. The third-order valence-corrected chi connectivity index (χ3v) is 2.62. The molecular formula is C9H13N3O2. The van der Waals surface area contributed by atoms with Gasteiger partial charge in [0.2, 0.25) is 0 Å². The second kappa shape index (κ2) is 3.77. The third kappa shape index (κ3) is 1.76. The molecule has 0 bridgehead atoms. The zero-order valence-electron chi connectivity index (χ0n) is 7.89. The standard InChI is InChI=1S/C9H13N3O2/c13-9(14)5-4-7-2-1-3-8-10-6-11-12(7)8/h6-7H,1-5H2,(H,13,14). The van der Waals surface area contributed by atoms with E-state index in [0.29, 0.717) is 6.42 Å². The van der Waals surface area contributed by atoms with Crippen molar-refractivity contribution in [3.8, 4) is 0 Å². The number of hydrogen-bond donors (Lipinski definition) is 1. The van der Waals surface area contributed by atoms with Crippen LogP contribution in [-0.2, 0) is 11.2 Å². The predicted octanol–water partition coefficient (Wildman–Crippen LogP) is 1.02. The number of rotatable bonds is 3. The van der Waals surface area contributed by atoms with Crippen molar-refractivity contribution in [2.24, 2.45) is 0 Å². The van der Waals surface area contributed by atoms with Crippen LogP contribution >= 0.6 is 0 Å². The summed E-state index contributed by atoms with van der Waals surface area (Å²) in [5, 5.41) is 12.7. The Balaban J connectivity index is 2.05. The molecule has 1 atom stereocenters. The highest BCUT2D eigenvalue weighted by Gasteiger charge is 2.21. The zero-order chi connectivity index (χ0) is 9.97. The quantitative estimate of drug-likeness (QED) is 0.781. The van der Waals surface area contributed by atoms with Gasteiger partial charge < -0.3 is 5.11 Å². The minimum Gasteiger partial charge on any atom is -0.481 e. The summed E-state index contributed by atoms with van der Waals surface area (Å²) in [5.74, 6) is 0.254. The minimum atomic E-state index is -0.739. The Morgan fingerprint density at radius 3 is 3.36 bits per heavy atom. The Hall–Kier alpha value is -1.39. The van der Waals surface area contributed by atoms with Gasteiger partial charge >= 0.3 is 5.97 Å². The fourth-order valence-electron chi connectivity index (χ4n) is 1.93. The number of carbonyl (C=O) groups is 1. The van der Waals surface area contributed by atoms with Crippen molar-refractivity contribution in [3.05, 3.63) is 12.2 Å². The van der Waals surface area contributed by atoms with Gasteiger partial charge in [0, 0.05) is 12.8 Å². The van der Waals surface area contributed by atoms with E-state index in [1.807, 2.05) is 4.68 Å². The van der Waals surface area contributed by atoms with Crippen LogP contribution in [0.15, 0.2) is 6.33 Å². The third-order valence-electron chi connectivity index (χ3n) is 2.62. The molecule has 14 heavy (non-hydrogen) atoms. The summed E-state index contributed by atoms with van der Waals surface area (Å²) < 4.78 is 1.88. The Morgan fingerprint density at radius 1 is 1.71 bits per heavy atom. The number of carboxylic acids is 1. The lowest BCUT2D eigenvalue weighted by Crippen LogP contribution is -2.20. The highest BCUT2D eigenvalue weighted by atomic mass is 16.4. The highest BCUT2D eigenvalue weighted by Crippen LogP contribution is 2.25. The first kappa shape index (κ1) is 9.18. The van der Waals surface area contributed by atoms with Gasteiger partial charge in [-0.1, -0.05) is 0 Å². The summed E-state index contributed by atoms with van der Waals surface area (Å²) in [6, 6.07) is 0.234. The van der Waals surface area contributed by atoms with Crippen LogP contribution in [0.5, 0.6) is 0 Å². The van der Waals surface area contributed by atoms with Gasteiger partial charge in [-0.15, -0.1) is 0 Å². The van der Waals surface area contributed by atoms with Crippen LogP contribution in [0, 0.1) is 0 Å². The Bertz CT molecular complexity index is 335. The topological polar surface area (TPSA) is 68.0 Å². The normalized spacial score (nSPS) is 20.4. The first-order chi connectivity index (χ1) is 6.77. The maximum atomic E-state index is 10.4. The average Bonchev–Trinajstić information content (AvgIpc) is 2.62. The van der Waals surface area contributed by atoms with Gasteiger partial charge in [0.1, 0.15) is 12.2 Å². The maximum Gasteiger partial charge on any atom is 0.303 e. The lowest BCUT2D eigenvalue weighted by Gasteiger charge is -2.22. The van der Waals surface area contributed by atoms with Crippen molar-refractivity contribution >= 4 is 5.97 Å². The van der Waals surface area contributed by atoms with Crippen LogP contribution in [0.4, 0.5) is 0 Å². The summed E-state index contributed by atoms with van der Waals surface area (Å²) in [7, 11) is 0. The van der Waals surface area contributed by atoms with Gasteiger partial charge in [-0.25, -0.2) is 9.67 Å².